The molecule has 0 saturated heterocycles. The van der Waals surface area contributed by atoms with Gasteiger partial charge in [0.1, 0.15) is 11.5 Å². The number of carbonyl (C=O) groups is 1. The van der Waals surface area contributed by atoms with Crippen LogP contribution in [0, 0.1) is 5.92 Å². The average Bonchev–Trinajstić information content (AvgIpc) is 3.17. The van der Waals surface area contributed by atoms with Crippen LogP contribution in [0.5, 0.6) is 11.5 Å². The van der Waals surface area contributed by atoms with Crippen LogP contribution in [0.1, 0.15) is 57.2 Å². The van der Waals surface area contributed by atoms with Crippen LogP contribution in [-0.4, -0.2) is 29.8 Å². The molecule has 0 bridgehead atoms. The van der Waals surface area contributed by atoms with Crippen LogP contribution in [0.15, 0.2) is 59.2 Å². The summed E-state index contributed by atoms with van der Waals surface area (Å²) in [7, 11) is 0. The molecular weight excluding hydrogens is 388 g/mol. The second-order valence-corrected chi connectivity index (χ2v) is 7.97. The minimum atomic E-state index is -0.0628. The summed E-state index contributed by atoms with van der Waals surface area (Å²) in [5, 5.41) is 6.50. The molecule has 1 saturated carbocycles. The lowest BCUT2D eigenvalue weighted by molar-refractivity contribution is -0.131. The van der Waals surface area contributed by atoms with Crippen LogP contribution < -0.4 is 9.47 Å². The maximum Gasteiger partial charge on any atom is 0.240 e. The number of rotatable bonds is 6. The first kappa shape index (κ1) is 21.2. The van der Waals surface area contributed by atoms with Crippen molar-refractivity contribution in [3.8, 4) is 11.5 Å². The standard InChI is InChI=1S/C26H30N2O3/c1-4-30-22-13-9-19(10-14-22)17-21-7-6-8-24-25(21)27-28(18(3)29)26(24)20-11-15-23(16-12-20)31-5-2/h9-17,24,26H,4-8H2,1-3H3/b21-17+. The third-order valence-electron chi connectivity index (χ3n) is 5.89. The van der Waals surface area contributed by atoms with Crippen molar-refractivity contribution in [1.82, 2.24) is 5.01 Å². The van der Waals surface area contributed by atoms with Gasteiger partial charge in [0, 0.05) is 12.8 Å². The Kier molecular flexibility index (Phi) is 6.40. The third kappa shape index (κ3) is 4.50. The van der Waals surface area contributed by atoms with Gasteiger partial charge in [0.2, 0.25) is 5.91 Å². The van der Waals surface area contributed by atoms with E-state index < -0.39 is 0 Å². The van der Waals surface area contributed by atoms with E-state index >= 15 is 0 Å². The fraction of sp³-hybridized carbons (Fsp3) is 0.385. The van der Waals surface area contributed by atoms with Gasteiger partial charge in [-0.3, -0.25) is 4.79 Å². The number of fused-ring (bicyclic) bond motifs is 1. The molecule has 2 unspecified atom stereocenters. The van der Waals surface area contributed by atoms with Gasteiger partial charge >= 0.3 is 0 Å². The Morgan fingerprint density at radius 1 is 1.03 bits per heavy atom. The van der Waals surface area contributed by atoms with Crippen LogP contribution >= 0.6 is 0 Å². The van der Waals surface area contributed by atoms with E-state index in [1.807, 2.05) is 38.1 Å². The van der Waals surface area contributed by atoms with Crippen molar-refractivity contribution in [3.63, 3.8) is 0 Å². The summed E-state index contributed by atoms with van der Waals surface area (Å²) < 4.78 is 11.1. The summed E-state index contributed by atoms with van der Waals surface area (Å²) in [6, 6.07) is 16.2. The fourth-order valence-corrected chi connectivity index (χ4v) is 4.55. The number of ether oxygens (including phenoxy) is 2. The molecule has 0 N–H and O–H groups in total. The first-order valence-corrected chi connectivity index (χ1v) is 11.2. The Labute approximate surface area is 184 Å². The van der Waals surface area contributed by atoms with Crippen molar-refractivity contribution in [2.45, 2.75) is 46.1 Å². The summed E-state index contributed by atoms with van der Waals surface area (Å²) in [6.45, 7) is 6.85. The molecule has 0 aromatic heterocycles. The smallest absolute Gasteiger partial charge is 0.240 e. The normalized spacial score (nSPS) is 21.6. The van der Waals surface area contributed by atoms with Crippen molar-refractivity contribution in [2.75, 3.05) is 13.2 Å². The Balaban J connectivity index is 1.63. The van der Waals surface area contributed by atoms with Gasteiger partial charge in [-0.25, -0.2) is 5.01 Å². The van der Waals surface area contributed by atoms with Gasteiger partial charge in [-0.15, -0.1) is 0 Å². The highest BCUT2D eigenvalue weighted by molar-refractivity contribution is 6.08. The molecule has 31 heavy (non-hydrogen) atoms. The third-order valence-corrected chi connectivity index (χ3v) is 5.89. The maximum absolute atomic E-state index is 12.5. The summed E-state index contributed by atoms with van der Waals surface area (Å²) in [6.07, 6.45) is 5.30. The van der Waals surface area contributed by atoms with E-state index in [0.717, 1.165) is 47.6 Å². The van der Waals surface area contributed by atoms with Gasteiger partial charge < -0.3 is 9.47 Å². The highest BCUT2D eigenvalue weighted by Gasteiger charge is 2.42. The molecule has 1 aliphatic carbocycles. The van der Waals surface area contributed by atoms with Crippen LogP contribution in [0.25, 0.3) is 6.08 Å². The van der Waals surface area contributed by atoms with Crippen molar-refractivity contribution in [3.05, 3.63) is 65.2 Å². The van der Waals surface area contributed by atoms with Crippen LogP contribution in [-0.2, 0) is 4.79 Å². The molecule has 4 rings (SSSR count). The topological polar surface area (TPSA) is 51.1 Å². The number of hydrogen-bond acceptors (Lipinski definition) is 4. The van der Waals surface area contributed by atoms with Crippen LogP contribution in [0.2, 0.25) is 0 Å². The maximum atomic E-state index is 12.5. The molecule has 2 aliphatic rings. The molecule has 1 fully saturated rings. The van der Waals surface area contributed by atoms with Gasteiger partial charge in [-0.2, -0.15) is 5.10 Å². The van der Waals surface area contributed by atoms with Crippen LogP contribution in [0.3, 0.4) is 0 Å². The van der Waals surface area contributed by atoms with E-state index in [2.05, 4.69) is 30.3 Å². The van der Waals surface area contributed by atoms with Crippen molar-refractivity contribution >= 4 is 17.7 Å². The number of hydrazone groups is 1. The number of allylic oxidation sites excluding steroid dienone is 1. The zero-order valence-electron chi connectivity index (χ0n) is 18.5. The largest absolute Gasteiger partial charge is 0.494 e. The summed E-state index contributed by atoms with van der Waals surface area (Å²) in [5.74, 6) is 1.91. The minimum Gasteiger partial charge on any atom is -0.494 e. The van der Waals surface area contributed by atoms with E-state index in [1.54, 1.807) is 11.9 Å². The second-order valence-electron chi connectivity index (χ2n) is 7.97. The van der Waals surface area contributed by atoms with Gasteiger partial charge in [-0.1, -0.05) is 24.3 Å². The average molecular weight is 419 g/mol. The molecule has 1 aliphatic heterocycles. The van der Waals surface area contributed by atoms with Gasteiger partial charge in [0.15, 0.2) is 0 Å². The zero-order valence-corrected chi connectivity index (χ0v) is 18.5. The number of carbonyl (C=O) groups excluding carboxylic acids is 1. The Bertz CT molecular complexity index is 977. The van der Waals surface area contributed by atoms with Crippen molar-refractivity contribution in [1.29, 1.82) is 0 Å². The lowest BCUT2D eigenvalue weighted by Gasteiger charge is -2.29. The second kappa shape index (κ2) is 9.38. The van der Waals surface area contributed by atoms with E-state index in [1.165, 1.54) is 5.57 Å². The summed E-state index contributed by atoms with van der Waals surface area (Å²) in [4.78, 5) is 12.5. The molecule has 5 nitrogen and oxygen atoms in total. The lowest BCUT2D eigenvalue weighted by atomic mass is 9.77. The quantitative estimate of drug-likeness (QED) is 0.611. The molecule has 2 atom stereocenters. The molecule has 2 aromatic rings. The van der Waals surface area contributed by atoms with Gasteiger partial charge in [0.25, 0.3) is 0 Å². The van der Waals surface area contributed by atoms with Crippen LogP contribution in [0.4, 0.5) is 0 Å². The highest BCUT2D eigenvalue weighted by Crippen LogP contribution is 2.44. The first-order valence-electron chi connectivity index (χ1n) is 11.2. The Hall–Kier alpha value is -3.08. The number of hydrogen-bond donors (Lipinski definition) is 0. The molecule has 2 aromatic carbocycles. The summed E-state index contributed by atoms with van der Waals surface area (Å²) in [5.41, 5.74) is 4.50. The minimum absolute atomic E-state index is 0.0267. The molecule has 1 heterocycles. The SMILES string of the molecule is CCOc1ccc(/C=C2\CCCC3C2=NN(C(C)=O)C3c2ccc(OCC)cc2)cc1. The van der Waals surface area contributed by atoms with Crippen molar-refractivity contribution in [2.24, 2.45) is 11.0 Å². The fourth-order valence-electron chi connectivity index (χ4n) is 4.55. The van der Waals surface area contributed by atoms with E-state index in [4.69, 9.17) is 14.6 Å². The zero-order chi connectivity index (χ0) is 21.8. The number of amides is 1. The molecule has 0 spiro atoms. The van der Waals surface area contributed by atoms with Gasteiger partial charge in [0.05, 0.1) is 25.0 Å². The lowest BCUT2D eigenvalue weighted by Crippen LogP contribution is -2.30. The van der Waals surface area contributed by atoms with E-state index in [-0.39, 0.29) is 17.9 Å². The number of benzene rings is 2. The first-order chi connectivity index (χ1) is 15.1. The van der Waals surface area contributed by atoms with E-state index in [0.29, 0.717) is 13.2 Å². The van der Waals surface area contributed by atoms with Crippen molar-refractivity contribution < 1.29 is 14.3 Å². The predicted octanol–water partition coefficient (Wildman–Crippen LogP) is 5.63. The van der Waals surface area contributed by atoms with E-state index in [9.17, 15) is 4.79 Å². The Morgan fingerprint density at radius 3 is 2.23 bits per heavy atom. The highest BCUT2D eigenvalue weighted by atomic mass is 16.5. The molecule has 162 valence electrons. The molecular formula is C26H30N2O3. The predicted molar refractivity (Wildman–Crippen MR) is 123 cm³/mol. The Morgan fingerprint density at radius 2 is 1.65 bits per heavy atom. The monoisotopic (exact) mass is 418 g/mol. The molecule has 0 radical (unpaired) electrons. The summed E-state index contributed by atoms with van der Waals surface area (Å²) >= 11 is 0. The molecule has 5 heteroatoms. The molecule has 1 amide bonds. The van der Waals surface area contributed by atoms with Gasteiger partial charge in [-0.05, 0) is 80.2 Å². The number of nitrogens with zero attached hydrogens (tertiary/aromatic N) is 2.